The Hall–Kier alpha value is -2.84. The third kappa shape index (κ3) is 3.29. The third-order valence-corrected chi connectivity index (χ3v) is 4.48. The molecule has 1 saturated heterocycles. The third-order valence-electron chi connectivity index (χ3n) is 4.48. The van der Waals surface area contributed by atoms with Gasteiger partial charge in [0, 0.05) is 13.1 Å². The smallest absolute Gasteiger partial charge is 0.416 e. The van der Waals surface area contributed by atoms with E-state index in [4.69, 9.17) is 5.11 Å². The molecule has 1 aromatic heterocycles. The zero-order valence-corrected chi connectivity index (χ0v) is 13.8. The number of aliphatic carboxylic acids is 1. The van der Waals surface area contributed by atoms with Gasteiger partial charge in [-0.15, -0.1) is 0 Å². The molecule has 1 aromatic carbocycles. The number of nitrogens with zero attached hydrogens (tertiary/aromatic N) is 3. The molecule has 1 aliphatic heterocycles. The molecular weight excluding hydrogens is 351 g/mol. The maximum absolute atomic E-state index is 12.9. The van der Waals surface area contributed by atoms with E-state index in [0.717, 1.165) is 12.1 Å². The lowest BCUT2D eigenvalue weighted by Gasteiger charge is -2.15. The van der Waals surface area contributed by atoms with Crippen LogP contribution in [0, 0.1) is 12.8 Å². The molecule has 138 valence electrons. The molecule has 1 fully saturated rings. The summed E-state index contributed by atoms with van der Waals surface area (Å²) < 4.78 is 39.9. The van der Waals surface area contributed by atoms with Crippen LogP contribution in [0.25, 0.3) is 5.69 Å². The highest BCUT2D eigenvalue weighted by Crippen LogP contribution is 2.30. The zero-order valence-electron chi connectivity index (χ0n) is 13.8. The van der Waals surface area contributed by atoms with E-state index in [0.29, 0.717) is 18.7 Å². The Kier molecular flexibility index (Phi) is 4.47. The molecular formula is C17H16F3N3O3. The molecule has 6 nitrogen and oxygen atoms in total. The van der Waals surface area contributed by atoms with Crippen molar-refractivity contribution in [1.29, 1.82) is 0 Å². The highest BCUT2D eigenvalue weighted by atomic mass is 19.4. The van der Waals surface area contributed by atoms with Crippen LogP contribution >= 0.6 is 0 Å². The number of carboxylic acids is 1. The van der Waals surface area contributed by atoms with Crippen LogP contribution in [0.5, 0.6) is 0 Å². The van der Waals surface area contributed by atoms with Gasteiger partial charge in [0.25, 0.3) is 5.91 Å². The van der Waals surface area contributed by atoms with Crippen LogP contribution in [-0.4, -0.2) is 44.8 Å². The van der Waals surface area contributed by atoms with Crippen molar-refractivity contribution < 1.29 is 27.9 Å². The van der Waals surface area contributed by atoms with E-state index in [-0.39, 0.29) is 23.7 Å². The maximum Gasteiger partial charge on any atom is 0.416 e. The van der Waals surface area contributed by atoms with E-state index in [9.17, 15) is 22.8 Å². The van der Waals surface area contributed by atoms with Gasteiger partial charge in [-0.3, -0.25) is 9.59 Å². The van der Waals surface area contributed by atoms with Crippen molar-refractivity contribution in [3.63, 3.8) is 0 Å². The maximum atomic E-state index is 12.9. The number of carbonyl (C=O) groups excluding carboxylic acids is 1. The second kappa shape index (κ2) is 6.47. The molecule has 3 rings (SSSR count). The van der Waals surface area contributed by atoms with Gasteiger partial charge in [0.2, 0.25) is 0 Å². The Bertz CT molecular complexity index is 860. The molecule has 0 saturated carbocycles. The lowest BCUT2D eigenvalue weighted by Crippen LogP contribution is -2.30. The number of benzene rings is 1. The van der Waals surface area contributed by atoms with Crippen molar-refractivity contribution in [3.05, 3.63) is 47.3 Å². The molecule has 0 bridgehead atoms. The number of hydrogen-bond donors (Lipinski definition) is 1. The highest BCUT2D eigenvalue weighted by molar-refractivity contribution is 5.95. The number of alkyl halides is 3. The molecule has 2 aromatic rings. The van der Waals surface area contributed by atoms with E-state index in [1.165, 1.54) is 27.9 Å². The molecule has 1 aliphatic rings. The molecule has 0 radical (unpaired) electrons. The van der Waals surface area contributed by atoms with Gasteiger partial charge in [-0.05, 0) is 31.5 Å². The van der Waals surface area contributed by atoms with Crippen molar-refractivity contribution in [2.75, 3.05) is 13.1 Å². The van der Waals surface area contributed by atoms with Crippen LogP contribution in [0.3, 0.4) is 0 Å². The summed E-state index contributed by atoms with van der Waals surface area (Å²) >= 11 is 0. The van der Waals surface area contributed by atoms with Crippen LogP contribution in [-0.2, 0) is 11.0 Å². The first kappa shape index (κ1) is 18.0. The molecule has 1 atom stereocenters. The number of likely N-dealkylation sites (tertiary alicyclic amines) is 1. The van der Waals surface area contributed by atoms with E-state index < -0.39 is 23.6 Å². The van der Waals surface area contributed by atoms with Gasteiger partial charge >= 0.3 is 12.1 Å². The first-order valence-corrected chi connectivity index (χ1v) is 7.93. The number of halogens is 3. The fraction of sp³-hybridized carbons (Fsp3) is 0.353. The van der Waals surface area contributed by atoms with Gasteiger partial charge in [-0.1, -0.05) is 6.07 Å². The van der Waals surface area contributed by atoms with Crippen LogP contribution in [0.4, 0.5) is 13.2 Å². The Labute approximate surface area is 146 Å². The van der Waals surface area contributed by atoms with Crippen LogP contribution in [0.1, 0.15) is 28.0 Å². The highest BCUT2D eigenvalue weighted by Gasteiger charge is 2.33. The summed E-state index contributed by atoms with van der Waals surface area (Å²) in [4.78, 5) is 25.1. The average Bonchev–Trinajstić information content (AvgIpc) is 3.21. The molecule has 1 N–H and O–H groups in total. The average molecular weight is 367 g/mol. The summed E-state index contributed by atoms with van der Waals surface area (Å²) in [6, 6.07) is 4.67. The summed E-state index contributed by atoms with van der Waals surface area (Å²) in [5.41, 5.74) is 0.0318. The lowest BCUT2D eigenvalue weighted by atomic mass is 10.1. The van der Waals surface area contributed by atoms with Crippen molar-refractivity contribution in [1.82, 2.24) is 14.7 Å². The van der Waals surface area contributed by atoms with Crippen molar-refractivity contribution in [2.24, 2.45) is 5.92 Å². The predicted octanol–water partition coefficient (Wildman–Crippen LogP) is 2.75. The number of carboxylic acid groups (broad SMARTS) is 1. The molecule has 0 unspecified atom stereocenters. The van der Waals surface area contributed by atoms with Gasteiger partial charge < -0.3 is 10.0 Å². The number of carbonyl (C=O) groups is 2. The number of amides is 1. The molecule has 2 heterocycles. The zero-order chi connectivity index (χ0) is 19.1. The Balaban J connectivity index is 1.87. The van der Waals surface area contributed by atoms with E-state index in [1.807, 2.05) is 0 Å². The largest absolute Gasteiger partial charge is 0.481 e. The van der Waals surface area contributed by atoms with Gasteiger partial charge in [0.1, 0.15) is 0 Å². The second-order valence-corrected chi connectivity index (χ2v) is 6.18. The minimum absolute atomic E-state index is 0.113. The minimum Gasteiger partial charge on any atom is -0.481 e. The normalized spacial score (nSPS) is 17.5. The molecule has 1 amide bonds. The number of aromatic nitrogens is 2. The molecule has 0 aliphatic carbocycles. The summed E-state index contributed by atoms with van der Waals surface area (Å²) in [6.07, 6.45) is -2.80. The van der Waals surface area contributed by atoms with Gasteiger partial charge in [0.05, 0.1) is 34.6 Å². The van der Waals surface area contributed by atoms with Crippen molar-refractivity contribution in [2.45, 2.75) is 19.5 Å². The quantitative estimate of drug-likeness (QED) is 0.905. The first-order chi connectivity index (χ1) is 12.2. The second-order valence-electron chi connectivity index (χ2n) is 6.18. The summed E-state index contributed by atoms with van der Waals surface area (Å²) in [6.45, 7) is 2.03. The monoisotopic (exact) mass is 367 g/mol. The van der Waals surface area contributed by atoms with E-state index >= 15 is 0 Å². The van der Waals surface area contributed by atoms with Gasteiger partial charge in [0.15, 0.2) is 0 Å². The predicted molar refractivity (Wildman–Crippen MR) is 84.9 cm³/mol. The topological polar surface area (TPSA) is 75.4 Å². The molecule has 9 heteroatoms. The molecule has 0 spiro atoms. The minimum atomic E-state index is -4.48. The molecule has 26 heavy (non-hydrogen) atoms. The fourth-order valence-electron chi connectivity index (χ4n) is 3.01. The Morgan fingerprint density at radius 1 is 1.31 bits per heavy atom. The summed E-state index contributed by atoms with van der Waals surface area (Å²) in [5.74, 6) is -1.92. The van der Waals surface area contributed by atoms with Crippen LogP contribution in [0.2, 0.25) is 0 Å². The summed E-state index contributed by atoms with van der Waals surface area (Å²) in [5, 5.41) is 13.1. The van der Waals surface area contributed by atoms with E-state index in [2.05, 4.69) is 5.10 Å². The van der Waals surface area contributed by atoms with Gasteiger partial charge in [-0.2, -0.15) is 18.3 Å². The summed E-state index contributed by atoms with van der Waals surface area (Å²) in [7, 11) is 0. The standard InChI is InChI=1S/C17H16F3N3O3/c1-10-14(15(24)22-6-5-11(9-22)16(25)26)8-21-23(10)13-4-2-3-12(7-13)17(18,19)20/h2-4,7-8,11H,5-6,9H2,1H3,(H,25,26)/t11-/m1/s1. The fourth-order valence-corrected chi connectivity index (χ4v) is 3.01. The Morgan fingerprint density at radius 2 is 2.04 bits per heavy atom. The van der Waals surface area contributed by atoms with Crippen molar-refractivity contribution >= 4 is 11.9 Å². The number of rotatable bonds is 3. The van der Waals surface area contributed by atoms with Crippen molar-refractivity contribution in [3.8, 4) is 5.69 Å². The first-order valence-electron chi connectivity index (χ1n) is 7.93. The Morgan fingerprint density at radius 3 is 2.65 bits per heavy atom. The lowest BCUT2D eigenvalue weighted by molar-refractivity contribution is -0.141. The van der Waals surface area contributed by atoms with Crippen LogP contribution < -0.4 is 0 Å². The van der Waals surface area contributed by atoms with Gasteiger partial charge in [-0.25, -0.2) is 4.68 Å². The SMILES string of the molecule is Cc1c(C(=O)N2CC[C@@H](C(=O)O)C2)cnn1-c1cccc(C(F)(F)F)c1. The van der Waals surface area contributed by atoms with E-state index in [1.54, 1.807) is 6.92 Å². The number of hydrogen-bond acceptors (Lipinski definition) is 3. The van der Waals surface area contributed by atoms with Crippen LogP contribution in [0.15, 0.2) is 30.5 Å².